The van der Waals surface area contributed by atoms with Crippen LogP contribution in [0.2, 0.25) is 0 Å². The maximum atomic E-state index is 11.7. The molecule has 0 aliphatic rings. The largest absolute Gasteiger partial charge is 0.497 e. The van der Waals surface area contributed by atoms with Crippen LogP contribution >= 0.6 is 0 Å². The molecule has 0 fully saturated rings. The SMILES string of the molecule is COC(=O)c1cc(-c2cccc(OC)c2)n(CC(C)C)n1. The van der Waals surface area contributed by atoms with E-state index in [1.807, 2.05) is 28.9 Å². The second-order valence-electron chi connectivity index (χ2n) is 5.21. The van der Waals surface area contributed by atoms with Gasteiger partial charge in [0.2, 0.25) is 0 Å². The topological polar surface area (TPSA) is 53.4 Å². The summed E-state index contributed by atoms with van der Waals surface area (Å²) < 4.78 is 11.8. The highest BCUT2D eigenvalue weighted by Crippen LogP contribution is 2.25. The van der Waals surface area contributed by atoms with Crippen molar-refractivity contribution in [2.24, 2.45) is 5.92 Å². The minimum Gasteiger partial charge on any atom is -0.497 e. The number of rotatable bonds is 5. The maximum Gasteiger partial charge on any atom is 0.358 e. The third kappa shape index (κ3) is 3.42. The molecule has 2 rings (SSSR count). The van der Waals surface area contributed by atoms with E-state index in [0.717, 1.165) is 23.6 Å². The number of methoxy groups -OCH3 is 2. The van der Waals surface area contributed by atoms with Crippen molar-refractivity contribution in [3.63, 3.8) is 0 Å². The van der Waals surface area contributed by atoms with Crippen molar-refractivity contribution in [2.45, 2.75) is 20.4 Å². The molecule has 21 heavy (non-hydrogen) atoms. The van der Waals surface area contributed by atoms with Gasteiger partial charge in [-0.2, -0.15) is 5.10 Å². The van der Waals surface area contributed by atoms with Crippen molar-refractivity contribution in [1.29, 1.82) is 0 Å². The van der Waals surface area contributed by atoms with Gasteiger partial charge in [-0.05, 0) is 24.1 Å². The van der Waals surface area contributed by atoms with Gasteiger partial charge in [-0.25, -0.2) is 4.79 Å². The van der Waals surface area contributed by atoms with Crippen molar-refractivity contribution in [3.8, 4) is 17.0 Å². The van der Waals surface area contributed by atoms with E-state index in [9.17, 15) is 4.79 Å². The first-order valence-corrected chi connectivity index (χ1v) is 6.85. The van der Waals surface area contributed by atoms with E-state index in [1.54, 1.807) is 13.2 Å². The molecule has 0 unspecified atom stereocenters. The van der Waals surface area contributed by atoms with E-state index < -0.39 is 5.97 Å². The molecule has 0 aliphatic heterocycles. The van der Waals surface area contributed by atoms with Crippen LogP contribution in [0.15, 0.2) is 30.3 Å². The molecular formula is C16H20N2O3. The summed E-state index contributed by atoms with van der Waals surface area (Å²) in [5, 5.41) is 4.35. The van der Waals surface area contributed by atoms with Gasteiger partial charge in [-0.1, -0.05) is 26.0 Å². The van der Waals surface area contributed by atoms with E-state index in [2.05, 4.69) is 18.9 Å². The predicted molar refractivity (Wildman–Crippen MR) is 80.4 cm³/mol. The number of hydrogen-bond donors (Lipinski definition) is 0. The molecule has 0 radical (unpaired) electrons. The van der Waals surface area contributed by atoms with Gasteiger partial charge in [0, 0.05) is 12.1 Å². The summed E-state index contributed by atoms with van der Waals surface area (Å²) in [6.07, 6.45) is 0. The minimum atomic E-state index is -0.429. The number of benzene rings is 1. The van der Waals surface area contributed by atoms with Gasteiger partial charge < -0.3 is 9.47 Å². The smallest absolute Gasteiger partial charge is 0.358 e. The summed E-state index contributed by atoms with van der Waals surface area (Å²) in [5.41, 5.74) is 2.15. The van der Waals surface area contributed by atoms with Crippen molar-refractivity contribution in [1.82, 2.24) is 9.78 Å². The third-order valence-corrected chi connectivity index (χ3v) is 3.08. The monoisotopic (exact) mass is 288 g/mol. The Morgan fingerprint density at radius 2 is 2.05 bits per heavy atom. The lowest BCUT2D eigenvalue weighted by molar-refractivity contribution is 0.0592. The summed E-state index contributed by atoms with van der Waals surface area (Å²) in [5.74, 6) is 0.755. The van der Waals surface area contributed by atoms with Crippen LogP contribution in [0.4, 0.5) is 0 Å². The zero-order chi connectivity index (χ0) is 15.4. The number of hydrogen-bond acceptors (Lipinski definition) is 4. The van der Waals surface area contributed by atoms with Crippen LogP contribution in [0.3, 0.4) is 0 Å². The highest BCUT2D eigenvalue weighted by atomic mass is 16.5. The summed E-state index contributed by atoms with van der Waals surface area (Å²) in [6.45, 7) is 4.94. The summed E-state index contributed by atoms with van der Waals surface area (Å²) in [7, 11) is 2.99. The predicted octanol–water partition coefficient (Wildman–Crippen LogP) is 3.00. The molecule has 0 amide bonds. The summed E-state index contributed by atoms with van der Waals surface area (Å²) in [4.78, 5) is 11.7. The van der Waals surface area contributed by atoms with Gasteiger partial charge in [-0.15, -0.1) is 0 Å². The maximum absolute atomic E-state index is 11.7. The highest BCUT2D eigenvalue weighted by molar-refractivity contribution is 5.88. The molecule has 0 atom stereocenters. The standard InChI is InChI=1S/C16H20N2O3/c1-11(2)10-18-15(9-14(17-18)16(19)21-4)12-6-5-7-13(8-12)20-3/h5-9,11H,10H2,1-4H3. The van der Waals surface area contributed by atoms with Crippen molar-refractivity contribution < 1.29 is 14.3 Å². The molecule has 0 saturated heterocycles. The second-order valence-corrected chi connectivity index (χ2v) is 5.21. The molecule has 0 N–H and O–H groups in total. The Kier molecular flexibility index (Phi) is 4.62. The molecular weight excluding hydrogens is 268 g/mol. The van der Waals surface area contributed by atoms with Gasteiger partial charge >= 0.3 is 5.97 Å². The fourth-order valence-electron chi connectivity index (χ4n) is 2.12. The van der Waals surface area contributed by atoms with Crippen LogP contribution in [0.5, 0.6) is 5.75 Å². The van der Waals surface area contributed by atoms with Crippen LogP contribution in [0, 0.1) is 5.92 Å². The third-order valence-electron chi connectivity index (χ3n) is 3.08. The van der Waals surface area contributed by atoms with E-state index in [1.165, 1.54) is 7.11 Å². The van der Waals surface area contributed by atoms with Crippen LogP contribution in [0.25, 0.3) is 11.3 Å². The number of nitrogens with zero attached hydrogens (tertiary/aromatic N) is 2. The number of aromatic nitrogens is 2. The Morgan fingerprint density at radius 1 is 1.29 bits per heavy atom. The second kappa shape index (κ2) is 6.43. The number of carbonyl (C=O) groups is 1. The molecule has 1 aromatic carbocycles. The lowest BCUT2D eigenvalue weighted by atomic mass is 10.1. The normalized spacial score (nSPS) is 10.7. The molecule has 0 saturated carbocycles. The minimum absolute atomic E-state index is 0.316. The Morgan fingerprint density at radius 3 is 2.67 bits per heavy atom. The first kappa shape index (κ1) is 15.1. The number of carbonyl (C=O) groups excluding carboxylic acids is 1. The first-order valence-electron chi connectivity index (χ1n) is 6.85. The zero-order valence-electron chi connectivity index (χ0n) is 12.8. The van der Waals surface area contributed by atoms with Crippen LogP contribution < -0.4 is 4.74 Å². The molecule has 5 heteroatoms. The van der Waals surface area contributed by atoms with Crippen LogP contribution in [0.1, 0.15) is 24.3 Å². The average Bonchev–Trinajstić information content (AvgIpc) is 2.89. The molecule has 2 aromatic rings. The fraction of sp³-hybridized carbons (Fsp3) is 0.375. The highest BCUT2D eigenvalue weighted by Gasteiger charge is 2.16. The van der Waals surface area contributed by atoms with Gasteiger partial charge in [0.1, 0.15) is 5.75 Å². The Balaban J connectivity index is 2.48. The van der Waals surface area contributed by atoms with Gasteiger partial charge in [0.05, 0.1) is 19.9 Å². The van der Waals surface area contributed by atoms with E-state index in [4.69, 9.17) is 9.47 Å². The quantitative estimate of drug-likeness (QED) is 0.794. The number of ether oxygens (including phenoxy) is 2. The lowest BCUT2D eigenvalue weighted by Gasteiger charge is -2.10. The van der Waals surface area contributed by atoms with Gasteiger partial charge in [0.25, 0.3) is 0 Å². The van der Waals surface area contributed by atoms with Crippen molar-refractivity contribution in [3.05, 3.63) is 36.0 Å². The average molecular weight is 288 g/mol. The summed E-state index contributed by atoms with van der Waals surface area (Å²) >= 11 is 0. The molecule has 5 nitrogen and oxygen atoms in total. The van der Waals surface area contributed by atoms with E-state index >= 15 is 0 Å². The van der Waals surface area contributed by atoms with E-state index in [-0.39, 0.29) is 0 Å². The molecule has 1 heterocycles. The van der Waals surface area contributed by atoms with E-state index in [0.29, 0.717) is 11.6 Å². The zero-order valence-corrected chi connectivity index (χ0v) is 12.8. The lowest BCUT2D eigenvalue weighted by Crippen LogP contribution is -2.09. The Labute approximate surface area is 124 Å². The van der Waals surface area contributed by atoms with Gasteiger partial charge in [-0.3, -0.25) is 4.68 Å². The van der Waals surface area contributed by atoms with Crippen LogP contribution in [-0.4, -0.2) is 30.0 Å². The number of esters is 1. The summed E-state index contributed by atoms with van der Waals surface area (Å²) in [6, 6.07) is 9.45. The fourth-order valence-corrected chi connectivity index (χ4v) is 2.12. The first-order chi connectivity index (χ1) is 10.0. The van der Waals surface area contributed by atoms with Gasteiger partial charge in [0.15, 0.2) is 5.69 Å². The van der Waals surface area contributed by atoms with Crippen molar-refractivity contribution >= 4 is 5.97 Å². The molecule has 0 spiro atoms. The Bertz CT molecular complexity index is 632. The van der Waals surface area contributed by atoms with Crippen molar-refractivity contribution in [2.75, 3.05) is 14.2 Å². The van der Waals surface area contributed by atoms with Crippen LogP contribution in [-0.2, 0) is 11.3 Å². The molecule has 0 bridgehead atoms. The molecule has 0 aliphatic carbocycles. The molecule has 1 aromatic heterocycles. The Hall–Kier alpha value is -2.30. The molecule has 112 valence electrons.